The third kappa shape index (κ3) is 2.92. The van der Waals surface area contributed by atoms with E-state index < -0.39 is 5.91 Å². The summed E-state index contributed by atoms with van der Waals surface area (Å²) in [7, 11) is 1.74. The van der Waals surface area contributed by atoms with Crippen molar-refractivity contribution in [2.75, 3.05) is 25.1 Å². The molecule has 1 aromatic heterocycles. The van der Waals surface area contributed by atoms with Crippen molar-refractivity contribution in [3.63, 3.8) is 0 Å². The second kappa shape index (κ2) is 6.12. The van der Waals surface area contributed by atoms with Gasteiger partial charge in [-0.25, -0.2) is 9.97 Å². The van der Waals surface area contributed by atoms with Crippen LogP contribution in [0.5, 0.6) is 0 Å². The van der Waals surface area contributed by atoms with E-state index in [9.17, 15) is 4.79 Å². The number of aliphatic hydroxyl groups is 1. The highest BCUT2D eigenvalue weighted by Crippen LogP contribution is 2.21. The Morgan fingerprint density at radius 2 is 2.05 bits per heavy atom. The largest absolute Gasteiger partial charge is 0.395 e. The van der Waals surface area contributed by atoms with Gasteiger partial charge in [-0.15, -0.1) is 0 Å². The quantitative estimate of drug-likeness (QED) is 0.834. The fourth-order valence-electron chi connectivity index (χ4n) is 1.82. The summed E-state index contributed by atoms with van der Waals surface area (Å²) in [5, 5.41) is 9.01. The Kier molecular flexibility index (Phi) is 4.27. The maximum Gasteiger partial charge on any atom is 0.254 e. The summed E-state index contributed by atoms with van der Waals surface area (Å²) < 4.78 is 0. The molecule has 6 heteroatoms. The normalized spacial score (nSPS) is 10.3. The lowest BCUT2D eigenvalue weighted by Gasteiger charge is -2.19. The van der Waals surface area contributed by atoms with E-state index in [1.165, 1.54) is 6.20 Å². The monoisotopic (exact) mass is 272 g/mol. The third-order valence-corrected chi connectivity index (χ3v) is 2.86. The Morgan fingerprint density at radius 3 is 2.65 bits per heavy atom. The molecule has 2 rings (SSSR count). The average molecular weight is 272 g/mol. The van der Waals surface area contributed by atoms with Gasteiger partial charge in [0.1, 0.15) is 11.4 Å². The van der Waals surface area contributed by atoms with Crippen LogP contribution in [0.1, 0.15) is 10.4 Å². The predicted molar refractivity (Wildman–Crippen MR) is 76.3 cm³/mol. The molecule has 0 saturated heterocycles. The minimum Gasteiger partial charge on any atom is -0.395 e. The standard InChI is InChI=1S/C14H16N4O2/c1-18(7-8-19)14-11(12(15)20)9-16-13(17-14)10-5-3-2-4-6-10/h2-6,9,19H,7-8H2,1H3,(H2,15,20). The highest BCUT2D eigenvalue weighted by Gasteiger charge is 2.16. The molecular weight excluding hydrogens is 256 g/mol. The molecule has 1 heterocycles. The van der Waals surface area contributed by atoms with Crippen LogP contribution in [0.25, 0.3) is 11.4 Å². The maximum absolute atomic E-state index is 11.4. The fourth-order valence-corrected chi connectivity index (χ4v) is 1.82. The van der Waals surface area contributed by atoms with Gasteiger partial charge in [-0.05, 0) is 0 Å². The highest BCUT2D eigenvalue weighted by atomic mass is 16.3. The van der Waals surface area contributed by atoms with E-state index in [1.807, 2.05) is 30.3 Å². The van der Waals surface area contributed by atoms with Crippen LogP contribution in [-0.2, 0) is 0 Å². The van der Waals surface area contributed by atoms with Crippen LogP contribution in [0.15, 0.2) is 36.5 Å². The average Bonchev–Trinajstić information content (AvgIpc) is 2.47. The highest BCUT2D eigenvalue weighted by molar-refractivity contribution is 5.97. The van der Waals surface area contributed by atoms with Crippen LogP contribution in [0.4, 0.5) is 5.82 Å². The molecule has 0 spiro atoms. The van der Waals surface area contributed by atoms with Crippen LogP contribution in [-0.4, -0.2) is 41.2 Å². The smallest absolute Gasteiger partial charge is 0.254 e. The third-order valence-electron chi connectivity index (χ3n) is 2.86. The van der Waals surface area contributed by atoms with Crippen molar-refractivity contribution < 1.29 is 9.90 Å². The molecule has 20 heavy (non-hydrogen) atoms. The molecule has 1 aromatic carbocycles. The minimum atomic E-state index is -0.593. The molecular formula is C14H16N4O2. The van der Waals surface area contributed by atoms with Crippen molar-refractivity contribution in [1.82, 2.24) is 9.97 Å². The molecule has 0 fully saturated rings. The van der Waals surface area contributed by atoms with Gasteiger partial charge in [-0.2, -0.15) is 0 Å². The summed E-state index contributed by atoms with van der Waals surface area (Å²) in [6.07, 6.45) is 1.42. The van der Waals surface area contributed by atoms with E-state index in [2.05, 4.69) is 9.97 Å². The lowest BCUT2D eigenvalue weighted by atomic mass is 10.2. The van der Waals surface area contributed by atoms with Crippen molar-refractivity contribution in [2.24, 2.45) is 5.73 Å². The number of nitrogens with zero attached hydrogens (tertiary/aromatic N) is 3. The lowest BCUT2D eigenvalue weighted by molar-refractivity contribution is 0.1000. The summed E-state index contributed by atoms with van der Waals surface area (Å²) in [6.45, 7) is 0.310. The van der Waals surface area contributed by atoms with Gasteiger partial charge in [0.2, 0.25) is 0 Å². The van der Waals surface area contributed by atoms with Crippen molar-refractivity contribution in [1.29, 1.82) is 0 Å². The first-order chi connectivity index (χ1) is 9.63. The first kappa shape index (κ1) is 14.0. The SMILES string of the molecule is CN(CCO)c1nc(-c2ccccc2)ncc1C(N)=O. The number of carbonyl (C=O) groups excluding carboxylic acids is 1. The molecule has 0 unspecified atom stereocenters. The van der Waals surface area contributed by atoms with Crippen molar-refractivity contribution >= 4 is 11.7 Å². The number of primary amides is 1. The molecule has 6 nitrogen and oxygen atoms in total. The van der Waals surface area contributed by atoms with Crippen LogP contribution >= 0.6 is 0 Å². The Labute approximate surface area is 116 Å². The number of hydrogen-bond donors (Lipinski definition) is 2. The molecule has 0 bridgehead atoms. The number of aliphatic hydroxyl groups excluding tert-OH is 1. The number of rotatable bonds is 5. The fraction of sp³-hybridized carbons (Fsp3) is 0.214. The summed E-state index contributed by atoms with van der Waals surface area (Å²) in [4.78, 5) is 21.7. The minimum absolute atomic E-state index is 0.0423. The van der Waals surface area contributed by atoms with E-state index in [0.717, 1.165) is 5.56 Å². The first-order valence-corrected chi connectivity index (χ1v) is 6.17. The molecule has 0 aliphatic heterocycles. The van der Waals surface area contributed by atoms with E-state index in [0.29, 0.717) is 18.2 Å². The van der Waals surface area contributed by atoms with Gasteiger partial charge in [0.25, 0.3) is 5.91 Å². The van der Waals surface area contributed by atoms with Gasteiger partial charge in [-0.1, -0.05) is 30.3 Å². The number of aromatic nitrogens is 2. The van der Waals surface area contributed by atoms with E-state index in [4.69, 9.17) is 10.8 Å². The zero-order valence-electron chi connectivity index (χ0n) is 11.2. The second-order valence-corrected chi connectivity index (χ2v) is 4.31. The number of carbonyl (C=O) groups is 1. The molecule has 1 amide bonds. The first-order valence-electron chi connectivity index (χ1n) is 6.17. The van der Waals surface area contributed by atoms with E-state index in [1.54, 1.807) is 11.9 Å². The van der Waals surface area contributed by atoms with Gasteiger partial charge < -0.3 is 15.7 Å². The Morgan fingerprint density at radius 1 is 1.35 bits per heavy atom. The number of likely N-dealkylation sites (N-methyl/N-ethyl adjacent to an activating group) is 1. The van der Waals surface area contributed by atoms with E-state index >= 15 is 0 Å². The summed E-state index contributed by atoms with van der Waals surface area (Å²) in [6, 6.07) is 9.44. The maximum atomic E-state index is 11.4. The van der Waals surface area contributed by atoms with Crippen molar-refractivity contribution in [3.05, 3.63) is 42.1 Å². The van der Waals surface area contributed by atoms with Crippen LogP contribution < -0.4 is 10.6 Å². The van der Waals surface area contributed by atoms with Crippen molar-refractivity contribution in [2.45, 2.75) is 0 Å². The van der Waals surface area contributed by atoms with Gasteiger partial charge in [0.05, 0.1) is 6.61 Å². The molecule has 0 atom stereocenters. The van der Waals surface area contributed by atoms with E-state index in [-0.39, 0.29) is 12.2 Å². The van der Waals surface area contributed by atoms with Gasteiger partial charge in [0, 0.05) is 25.4 Å². The van der Waals surface area contributed by atoms with Crippen LogP contribution in [0.2, 0.25) is 0 Å². The number of benzene rings is 1. The molecule has 0 saturated carbocycles. The number of anilines is 1. The number of amides is 1. The second-order valence-electron chi connectivity index (χ2n) is 4.31. The summed E-state index contributed by atoms with van der Waals surface area (Å²) in [5.41, 5.74) is 6.42. The lowest BCUT2D eigenvalue weighted by Crippen LogP contribution is -2.26. The predicted octanol–water partition coefficient (Wildman–Crippen LogP) is 0.671. The number of hydrogen-bond acceptors (Lipinski definition) is 5. The Balaban J connectivity index is 2.48. The molecule has 3 N–H and O–H groups in total. The number of nitrogens with two attached hydrogens (primary N) is 1. The van der Waals surface area contributed by atoms with Gasteiger partial charge in [0.15, 0.2) is 5.82 Å². The zero-order valence-corrected chi connectivity index (χ0v) is 11.2. The van der Waals surface area contributed by atoms with Gasteiger partial charge >= 0.3 is 0 Å². The molecule has 0 radical (unpaired) electrons. The summed E-state index contributed by atoms with van der Waals surface area (Å²) >= 11 is 0. The molecule has 0 aliphatic carbocycles. The Bertz CT molecular complexity index is 601. The van der Waals surface area contributed by atoms with Gasteiger partial charge in [-0.3, -0.25) is 4.79 Å². The molecule has 0 aliphatic rings. The Hall–Kier alpha value is -2.47. The van der Waals surface area contributed by atoms with Crippen LogP contribution in [0.3, 0.4) is 0 Å². The summed E-state index contributed by atoms with van der Waals surface area (Å²) in [5.74, 6) is 0.334. The zero-order chi connectivity index (χ0) is 14.5. The topological polar surface area (TPSA) is 92.3 Å². The molecule has 2 aromatic rings. The molecule has 104 valence electrons. The van der Waals surface area contributed by atoms with Crippen LogP contribution in [0, 0.1) is 0 Å². The van der Waals surface area contributed by atoms with Crippen molar-refractivity contribution in [3.8, 4) is 11.4 Å².